The zero-order chi connectivity index (χ0) is 29.4. The Morgan fingerprint density at radius 1 is 1.07 bits per heavy atom. The summed E-state index contributed by atoms with van der Waals surface area (Å²) in [6, 6.07) is 3.91. The van der Waals surface area contributed by atoms with Crippen LogP contribution >= 0.6 is 11.3 Å². The average molecular weight is 595 g/mol. The van der Waals surface area contributed by atoms with E-state index in [0.29, 0.717) is 29.1 Å². The maximum Gasteiger partial charge on any atom is 0.261 e. The molecule has 0 radical (unpaired) electrons. The molecule has 0 bridgehead atoms. The van der Waals surface area contributed by atoms with Gasteiger partial charge in [-0.1, -0.05) is 71.6 Å². The van der Waals surface area contributed by atoms with Crippen molar-refractivity contribution in [3.63, 3.8) is 0 Å². The molecular formula is C35H54N4O2S. The highest BCUT2D eigenvalue weighted by molar-refractivity contribution is 7.20. The summed E-state index contributed by atoms with van der Waals surface area (Å²) in [7, 11) is 0. The Labute approximate surface area is 257 Å². The van der Waals surface area contributed by atoms with Crippen LogP contribution in [0.15, 0.2) is 24.5 Å². The first kappa shape index (κ1) is 31.4. The number of piperidine rings is 2. The number of carbonyl (C=O) groups is 2. The lowest BCUT2D eigenvalue weighted by atomic mass is 9.59. The van der Waals surface area contributed by atoms with Gasteiger partial charge in [-0.3, -0.25) is 14.6 Å². The molecule has 0 aromatic carbocycles. The Hall–Kier alpha value is -1.99. The van der Waals surface area contributed by atoms with Crippen LogP contribution in [0.4, 0.5) is 0 Å². The molecule has 3 fully saturated rings. The molecule has 7 heteroatoms. The first-order valence-electron chi connectivity index (χ1n) is 17.1. The lowest BCUT2D eigenvalue weighted by Gasteiger charge is -2.50. The smallest absolute Gasteiger partial charge is 0.261 e. The van der Waals surface area contributed by atoms with E-state index < -0.39 is 0 Å². The van der Waals surface area contributed by atoms with E-state index in [2.05, 4.69) is 34.4 Å². The zero-order valence-electron chi connectivity index (χ0n) is 26.2. The van der Waals surface area contributed by atoms with Gasteiger partial charge in [0, 0.05) is 32.0 Å². The summed E-state index contributed by atoms with van der Waals surface area (Å²) in [6.07, 6.45) is 22.4. The second-order valence-corrected chi connectivity index (χ2v) is 15.0. The summed E-state index contributed by atoms with van der Waals surface area (Å²) in [5.74, 6) is 2.42. The largest absolute Gasteiger partial charge is 0.351 e. The van der Waals surface area contributed by atoms with Crippen molar-refractivity contribution in [1.29, 1.82) is 0 Å². The molecule has 2 amide bonds. The minimum absolute atomic E-state index is 0.000280. The first-order chi connectivity index (χ1) is 20.4. The molecule has 5 rings (SSSR count). The molecule has 2 aliphatic heterocycles. The average Bonchev–Trinajstić information content (AvgIpc) is 3.45. The number of likely N-dealkylation sites (tertiary alicyclic amines) is 1. The number of hydrogen-bond donors (Lipinski definition) is 2. The van der Waals surface area contributed by atoms with Crippen molar-refractivity contribution in [3.8, 4) is 0 Å². The van der Waals surface area contributed by atoms with E-state index in [1.165, 1.54) is 75.5 Å². The number of amides is 2. The fraction of sp³-hybridized carbons (Fsp3) is 0.743. The SMILES string of the molecule is CC(C)C1CNC(C(=O)N2CCC(CCCCNC(=O)c3cc4ccncc4s3)CC2)CC12CCCCCCCCC2. The monoisotopic (exact) mass is 594 g/mol. The lowest BCUT2D eigenvalue weighted by Crippen LogP contribution is -2.58. The van der Waals surface area contributed by atoms with Crippen molar-refractivity contribution >= 4 is 33.2 Å². The van der Waals surface area contributed by atoms with Gasteiger partial charge in [-0.25, -0.2) is 0 Å². The van der Waals surface area contributed by atoms with Gasteiger partial charge in [-0.2, -0.15) is 0 Å². The van der Waals surface area contributed by atoms with E-state index in [-0.39, 0.29) is 11.9 Å². The van der Waals surface area contributed by atoms with Gasteiger partial charge in [0.15, 0.2) is 0 Å². The molecule has 2 saturated heterocycles. The first-order valence-corrected chi connectivity index (χ1v) is 17.9. The number of hydrogen-bond acceptors (Lipinski definition) is 5. The normalized spacial score (nSPS) is 24.2. The third-order valence-electron chi connectivity index (χ3n) is 10.7. The molecule has 42 heavy (non-hydrogen) atoms. The Morgan fingerprint density at radius 3 is 2.48 bits per heavy atom. The summed E-state index contributed by atoms with van der Waals surface area (Å²) in [5, 5.41) is 7.92. The Kier molecular flexibility index (Phi) is 11.3. The van der Waals surface area contributed by atoms with Crippen LogP contribution in [0, 0.1) is 23.2 Å². The van der Waals surface area contributed by atoms with Crippen LogP contribution in [-0.4, -0.2) is 53.9 Å². The van der Waals surface area contributed by atoms with Gasteiger partial charge < -0.3 is 15.5 Å². The molecule has 3 aliphatic rings. The van der Waals surface area contributed by atoms with Gasteiger partial charge in [0.1, 0.15) is 0 Å². The second kappa shape index (κ2) is 15.1. The number of aromatic nitrogens is 1. The molecule has 2 atom stereocenters. The third kappa shape index (κ3) is 7.93. The number of thiophene rings is 1. The van der Waals surface area contributed by atoms with E-state index >= 15 is 0 Å². The van der Waals surface area contributed by atoms with Crippen LogP contribution in [0.5, 0.6) is 0 Å². The van der Waals surface area contributed by atoms with Crippen molar-refractivity contribution in [1.82, 2.24) is 20.5 Å². The van der Waals surface area contributed by atoms with Crippen LogP contribution in [0.3, 0.4) is 0 Å². The maximum absolute atomic E-state index is 13.8. The molecule has 1 spiro atoms. The molecule has 2 aromatic rings. The van der Waals surface area contributed by atoms with E-state index in [1.54, 1.807) is 6.20 Å². The van der Waals surface area contributed by atoms with Crippen LogP contribution in [-0.2, 0) is 4.79 Å². The molecular weight excluding hydrogens is 540 g/mol. The summed E-state index contributed by atoms with van der Waals surface area (Å²) < 4.78 is 1.05. The molecule has 1 saturated carbocycles. The van der Waals surface area contributed by atoms with Crippen molar-refractivity contribution in [2.24, 2.45) is 23.2 Å². The minimum atomic E-state index is 0.000280. The van der Waals surface area contributed by atoms with Crippen molar-refractivity contribution in [3.05, 3.63) is 29.4 Å². The summed E-state index contributed by atoms with van der Waals surface area (Å²) in [6.45, 7) is 8.32. The summed E-state index contributed by atoms with van der Waals surface area (Å²) >= 11 is 1.50. The Bertz CT molecular complexity index is 1110. The molecule has 1 aliphatic carbocycles. The van der Waals surface area contributed by atoms with E-state index in [0.717, 1.165) is 73.2 Å². The minimum Gasteiger partial charge on any atom is -0.351 e. The molecule has 2 aromatic heterocycles. The highest BCUT2D eigenvalue weighted by atomic mass is 32.1. The van der Waals surface area contributed by atoms with E-state index in [4.69, 9.17) is 0 Å². The number of pyridine rings is 1. The van der Waals surface area contributed by atoms with Gasteiger partial charge in [0.25, 0.3) is 5.91 Å². The Balaban J connectivity index is 1.04. The van der Waals surface area contributed by atoms with Crippen LogP contribution in [0.25, 0.3) is 10.1 Å². The van der Waals surface area contributed by atoms with Gasteiger partial charge in [-0.05, 0) is 85.8 Å². The van der Waals surface area contributed by atoms with Crippen LogP contribution in [0.1, 0.15) is 120 Å². The van der Waals surface area contributed by atoms with Crippen molar-refractivity contribution in [2.45, 2.75) is 116 Å². The third-order valence-corrected chi connectivity index (χ3v) is 11.8. The maximum atomic E-state index is 13.8. The highest BCUT2D eigenvalue weighted by Gasteiger charge is 2.46. The summed E-state index contributed by atoms with van der Waals surface area (Å²) in [5.41, 5.74) is 0.332. The zero-order valence-corrected chi connectivity index (χ0v) is 27.0. The molecule has 232 valence electrons. The van der Waals surface area contributed by atoms with Gasteiger partial charge in [-0.15, -0.1) is 11.3 Å². The van der Waals surface area contributed by atoms with Gasteiger partial charge in [0.05, 0.1) is 15.6 Å². The number of nitrogens with zero attached hydrogens (tertiary/aromatic N) is 2. The molecule has 6 nitrogen and oxygen atoms in total. The number of rotatable bonds is 8. The van der Waals surface area contributed by atoms with Gasteiger partial charge >= 0.3 is 0 Å². The van der Waals surface area contributed by atoms with Crippen molar-refractivity contribution in [2.75, 3.05) is 26.2 Å². The number of fused-ring (bicyclic) bond motifs is 1. The predicted octanol–water partition coefficient (Wildman–Crippen LogP) is 7.58. The number of nitrogens with one attached hydrogen (secondary N) is 2. The predicted molar refractivity (Wildman–Crippen MR) is 174 cm³/mol. The highest BCUT2D eigenvalue weighted by Crippen LogP contribution is 2.49. The molecule has 2 N–H and O–H groups in total. The number of unbranched alkanes of at least 4 members (excludes halogenated alkanes) is 1. The van der Waals surface area contributed by atoms with E-state index in [9.17, 15) is 9.59 Å². The van der Waals surface area contributed by atoms with Gasteiger partial charge in [0.2, 0.25) is 5.91 Å². The standard InChI is InChI=1S/C35H54N4O2S/c1-26(2)29-24-38-30(23-35(29)16-9-6-4-3-5-7-10-17-35)34(41)39-20-14-27(15-21-39)12-8-11-18-37-33(40)31-22-28-13-19-36-25-32(28)42-31/h13,19,22,25-27,29-30,38H,3-12,14-18,20-21,23-24H2,1-2H3,(H,37,40). The Morgan fingerprint density at radius 2 is 1.79 bits per heavy atom. The quantitative estimate of drug-likeness (QED) is 0.309. The van der Waals surface area contributed by atoms with Crippen LogP contribution in [0.2, 0.25) is 0 Å². The van der Waals surface area contributed by atoms with Crippen LogP contribution < -0.4 is 10.6 Å². The fourth-order valence-electron chi connectivity index (χ4n) is 8.28. The van der Waals surface area contributed by atoms with E-state index in [1.807, 2.05) is 18.3 Å². The summed E-state index contributed by atoms with van der Waals surface area (Å²) in [4.78, 5) is 33.4. The molecule has 4 heterocycles. The lowest BCUT2D eigenvalue weighted by molar-refractivity contribution is -0.138. The fourth-order valence-corrected chi connectivity index (χ4v) is 9.22. The second-order valence-electron chi connectivity index (χ2n) is 13.9. The van der Waals surface area contributed by atoms with Crippen molar-refractivity contribution < 1.29 is 9.59 Å². The topological polar surface area (TPSA) is 74.3 Å². The number of carbonyl (C=O) groups excluding carboxylic acids is 2. The molecule has 2 unspecified atom stereocenters.